The number of hydrogen-bond acceptors (Lipinski definition) is 4. The number of nitrogens with zero attached hydrogens (tertiary/aromatic N) is 2. The number of unbranched alkanes of at least 4 members (excludes halogenated alkanes) is 1. The molecule has 0 fully saturated rings. The minimum absolute atomic E-state index is 0.298. The van der Waals surface area contributed by atoms with Crippen molar-refractivity contribution in [2.24, 2.45) is 0 Å². The van der Waals surface area contributed by atoms with Crippen molar-refractivity contribution < 1.29 is 14.3 Å². The molecule has 3 aromatic rings. The summed E-state index contributed by atoms with van der Waals surface area (Å²) in [5, 5.41) is 4.72. The normalized spacial score (nSPS) is 10.8. The van der Waals surface area contributed by atoms with Crippen molar-refractivity contribution in [2.75, 3.05) is 13.7 Å². The molecule has 0 saturated carbocycles. The number of esters is 1. The number of ether oxygens (including phenoxy) is 2. The molecule has 0 N–H and O–H groups in total. The molecule has 0 atom stereocenters. The summed E-state index contributed by atoms with van der Waals surface area (Å²) < 4.78 is 13.3. The first kappa shape index (κ1) is 20.3. The van der Waals surface area contributed by atoms with E-state index < -0.39 is 0 Å². The van der Waals surface area contributed by atoms with E-state index in [-0.39, 0.29) is 5.97 Å². The lowest BCUT2D eigenvalue weighted by molar-refractivity contribution is 0.0500. The second-order valence-corrected chi connectivity index (χ2v) is 7.12. The predicted molar refractivity (Wildman–Crippen MR) is 113 cm³/mol. The molecule has 146 valence electrons. The molecule has 0 spiro atoms. The maximum absolute atomic E-state index is 12.6. The van der Waals surface area contributed by atoms with Gasteiger partial charge in [0.05, 0.1) is 22.3 Å². The molecule has 0 saturated heterocycles. The molecule has 28 heavy (non-hydrogen) atoms. The van der Waals surface area contributed by atoms with Gasteiger partial charge in [-0.2, -0.15) is 5.10 Å². The first-order valence-electron chi connectivity index (χ1n) is 9.24. The highest BCUT2D eigenvalue weighted by atomic mass is 79.9. The second kappa shape index (κ2) is 9.66. The van der Waals surface area contributed by atoms with E-state index in [0.717, 1.165) is 34.1 Å². The molecule has 0 radical (unpaired) electrons. The fraction of sp³-hybridized carbons (Fsp3) is 0.273. The molecule has 5 nitrogen and oxygen atoms in total. The third-order valence-electron chi connectivity index (χ3n) is 4.33. The summed E-state index contributed by atoms with van der Waals surface area (Å²) in [6, 6.07) is 17.3. The van der Waals surface area contributed by atoms with Crippen LogP contribution in [0.2, 0.25) is 0 Å². The SMILES string of the molecule is CCCCOC(=O)c1ccccc1-c1nn(COC)c(-c2ccccc2)c1Br. The second-order valence-electron chi connectivity index (χ2n) is 6.33. The van der Waals surface area contributed by atoms with E-state index in [9.17, 15) is 4.79 Å². The van der Waals surface area contributed by atoms with Crippen LogP contribution in [0.15, 0.2) is 59.1 Å². The molecule has 6 heteroatoms. The Bertz CT molecular complexity index is 938. The van der Waals surface area contributed by atoms with Crippen molar-refractivity contribution in [3.05, 3.63) is 64.6 Å². The summed E-state index contributed by atoms with van der Waals surface area (Å²) in [5.74, 6) is -0.335. The van der Waals surface area contributed by atoms with Crippen LogP contribution >= 0.6 is 15.9 Å². The lowest BCUT2D eigenvalue weighted by Gasteiger charge is -2.08. The molecule has 0 aliphatic carbocycles. The Kier molecular flexibility index (Phi) is 7.01. The van der Waals surface area contributed by atoms with Crippen LogP contribution in [0.3, 0.4) is 0 Å². The average Bonchev–Trinajstić information content (AvgIpc) is 3.05. The van der Waals surface area contributed by atoms with Gasteiger partial charge in [0, 0.05) is 18.2 Å². The monoisotopic (exact) mass is 442 g/mol. The minimum atomic E-state index is -0.335. The van der Waals surface area contributed by atoms with Crippen molar-refractivity contribution in [2.45, 2.75) is 26.5 Å². The van der Waals surface area contributed by atoms with Crippen LogP contribution in [0, 0.1) is 0 Å². The number of halogens is 1. The zero-order valence-corrected chi connectivity index (χ0v) is 17.6. The molecular formula is C22H23BrN2O3. The highest BCUT2D eigenvalue weighted by molar-refractivity contribution is 9.10. The Morgan fingerprint density at radius 3 is 2.54 bits per heavy atom. The van der Waals surface area contributed by atoms with Crippen LogP contribution in [0.1, 0.15) is 30.1 Å². The number of carbonyl (C=O) groups is 1. The smallest absolute Gasteiger partial charge is 0.338 e. The van der Waals surface area contributed by atoms with E-state index >= 15 is 0 Å². The van der Waals surface area contributed by atoms with Crippen LogP contribution < -0.4 is 0 Å². The largest absolute Gasteiger partial charge is 0.462 e. The van der Waals surface area contributed by atoms with Gasteiger partial charge in [0.2, 0.25) is 0 Å². The summed E-state index contributed by atoms with van der Waals surface area (Å²) in [4.78, 5) is 12.6. The van der Waals surface area contributed by atoms with Gasteiger partial charge in [-0.15, -0.1) is 0 Å². The topological polar surface area (TPSA) is 53.3 Å². The Hall–Kier alpha value is -2.44. The van der Waals surface area contributed by atoms with Gasteiger partial charge in [-0.1, -0.05) is 61.9 Å². The molecule has 0 unspecified atom stereocenters. The zero-order chi connectivity index (χ0) is 19.9. The third kappa shape index (κ3) is 4.34. The summed E-state index contributed by atoms with van der Waals surface area (Å²) >= 11 is 3.70. The molecule has 2 aromatic carbocycles. The summed E-state index contributed by atoms with van der Waals surface area (Å²) in [5.41, 5.74) is 3.81. The van der Waals surface area contributed by atoms with Gasteiger partial charge in [-0.05, 0) is 28.4 Å². The van der Waals surface area contributed by atoms with E-state index in [0.29, 0.717) is 24.6 Å². The van der Waals surface area contributed by atoms with Crippen molar-refractivity contribution in [3.8, 4) is 22.5 Å². The molecule has 0 amide bonds. The van der Waals surface area contributed by atoms with Gasteiger partial charge in [0.15, 0.2) is 0 Å². The first-order chi connectivity index (χ1) is 13.7. The van der Waals surface area contributed by atoms with Gasteiger partial charge in [-0.3, -0.25) is 0 Å². The molecule has 1 heterocycles. The van der Waals surface area contributed by atoms with E-state index in [2.05, 4.69) is 22.9 Å². The van der Waals surface area contributed by atoms with Gasteiger partial charge in [0.1, 0.15) is 12.4 Å². The van der Waals surface area contributed by atoms with Crippen molar-refractivity contribution >= 4 is 21.9 Å². The van der Waals surface area contributed by atoms with Crippen LogP contribution in [-0.2, 0) is 16.2 Å². The highest BCUT2D eigenvalue weighted by Gasteiger charge is 2.23. The zero-order valence-electron chi connectivity index (χ0n) is 16.0. The molecule has 1 aromatic heterocycles. The molecule has 3 rings (SSSR count). The molecular weight excluding hydrogens is 420 g/mol. The third-order valence-corrected chi connectivity index (χ3v) is 5.08. The van der Waals surface area contributed by atoms with Gasteiger partial charge in [0.25, 0.3) is 0 Å². The number of methoxy groups -OCH3 is 1. The number of aromatic nitrogens is 2. The standard InChI is InChI=1S/C22H23BrN2O3/c1-3-4-14-28-22(26)18-13-9-8-12-17(18)20-19(23)21(25(24-20)15-27-2)16-10-6-5-7-11-16/h5-13H,3-4,14-15H2,1-2H3. The summed E-state index contributed by atoms with van der Waals surface area (Å²) in [6.45, 7) is 2.77. The van der Waals surface area contributed by atoms with E-state index in [1.165, 1.54) is 0 Å². The Morgan fingerprint density at radius 1 is 1.11 bits per heavy atom. The van der Waals surface area contributed by atoms with Crippen LogP contribution in [0.4, 0.5) is 0 Å². The summed E-state index contributed by atoms with van der Waals surface area (Å²) in [6.07, 6.45) is 1.82. The fourth-order valence-electron chi connectivity index (χ4n) is 2.95. The molecule has 0 bridgehead atoms. The maximum atomic E-state index is 12.6. The number of carbonyl (C=O) groups excluding carboxylic acids is 1. The number of rotatable bonds is 8. The van der Waals surface area contributed by atoms with Gasteiger partial charge >= 0.3 is 5.97 Å². The van der Waals surface area contributed by atoms with Crippen LogP contribution in [0.5, 0.6) is 0 Å². The Labute approximate surface area is 173 Å². The lowest BCUT2D eigenvalue weighted by Crippen LogP contribution is -2.08. The quantitative estimate of drug-likeness (QED) is 0.339. The number of hydrogen-bond donors (Lipinski definition) is 0. The van der Waals surface area contributed by atoms with Crippen molar-refractivity contribution in [1.82, 2.24) is 9.78 Å². The number of benzene rings is 2. The maximum Gasteiger partial charge on any atom is 0.338 e. The van der Waals surface area contributed by atoms with Crippen LogP contribution in [0.25, 0.3) is 22.5 Å². The Balaban J connectivity index is 2.07. The fourth-order valence-corrected chi connectivity index (χ4v) is 3.68. The average molecular weight is 443 g/mol. The Morgan fingerprint density at radius 2 is 1.82 bits per heavy atom. The first-order valence-corrected chi connectivity index (χ1v) is 10.0. The predicted octanol–water partition coefficient (Wildman–Crippen LogP) is 5.54. The summed E-state index contributed by atoms with van der Waals surface area (Å²) in [7, 11) is 1.63. The minimum Gasteiger partial charge on any atom is -0.462 e. The van der Waals surface area contributed by atoms with Gasteiger partial charge in [-0.25, -0.2) is 9.48 Å². The van der Waals surface area contributed by atoms with Crippen molar-refractivity contribution in [3.63, 3.8) is 0 Å². The van der Waals surface area contributed by atoms with E-state index in [1.807, 2.05) is 48.5 Å². The van der Waals surface area contributed by atoms with Crippen LogP contribution in [-0.4, -0.2) is 29.5 Å². The van der Waals surface area contributed by atoms with Gasteiger partial charge < -0.3 is 9.47 Å². The van der Waals surface area contributed by atoms with E-state index in [1.54, 1.807) is 17.9 Å². The molecule has 0 aliphatic rings. The lowest BCUT2D eigenvalue weighted by atomic mass is 10.0. The molecule has 0 aliphatic heterocycles. The van der Waals surface area contributed by atoms with E-state index in [4.69, 9.17) is 14.6 Å². The van der Waals surface area contributed by atoms with Crippen molar-refractivity contribution in [1.29, 1.82) is 0 Å². The highest BCUT2D eigenvalue weighted by Crippen LogP contribution is 2.38.